The van der Waals surface area contributed by atoms with Crippen molar-refractivity contribution in [1.82, 2.24) is 0 Å². The van der Waals surface area contributed by atoms with Crippen LogP contribution in [0.2, 0.25) is 0 Å². The lowest BCUT2D eigenvalue weighted by Crippen LogP contribution is -2.06. The molecule has 0 aliphatic heterocycles. The van der Waals surface area contributed by atoms with Gasteiger partial charge in [-0.15, -0.1) is 0 Å². The number of aryl methyl sites for hydroxylation is 1. The number of benzene rings is 1. The molecule has 4 nitrogen and oxygen atoms in total. The number of phenolic OH excluding ortho intramolecular Hbond substituents is 1. The van der Waals surface area contributed by atoms with Gasteiger partial charge in [-0.3, -0.25) is 4.79 Å². The van der Waals surface area contributed by atoms with Crippen molar-refractivity contribution in [2.75, 3.05) is 12.3 Å². The Morgan fingerprint density at radius 2 is 2.27 bits per heavy atom. The van der Waals surface area contributed by atoms with Crippen LogP contribution in [0.4, 0.5) is 5.69 Å². The molecule has 0 bridgehead atoms. The summed E-state index contributed by atoms with van der Waals surface area (Å²) >= 11 is 0. The summed E-state index contributed by atoms with van der Waals surface area (Å²) in [5.41, 5.74) is 6.74. The fraction of sp³-hybridized carbons (Fsp3) is 0.364. The molecule has 0 atom stereocenters. The molecule has 0 amide bonds. The van der Waals surface area contributed by atoms with Gasteiger partial charge >= 0.3 is 5.97 Å². The minimum Gasteiger partial charge on any atom is -0.506 e. The molecule has 0 aliphatic carbocycles. The Kier molecular flexibility index (Phi) is 3.97. The van der Waals surface area contributed by atoms with Gasteiger partial charge in [-0.05, 0) is 25.0 Å². The zero-order valence-corrected chi connectivity index (χ0v) is 8.69. The first-order valence-electron chi connectivity index (χ1n) is 4.87. The van der Waals surface area contributed by atoms with Gasteiger partial charge in [0.2, 0.25) is 0 Å². The lowest BCUT2D eigenvalue weighted by Gasteiger charge is -2.06. The van der Waals surface area contributed by atoms with E-state index in [2.05, 4.69) is 0 Å². The summed E-state index contributed by atoms with van der Waals surface area (Å²) in [5.74, 6) is -0.198. The summed E-state index contributed by atoms with van der Waals surface area (Å²) in [6.07, 6.45) is 0.764. The van der Waals surface area contributed by atoms with E-state index in [4.69, 9.17) is 10.5 Å². The highest BCUT2D eigenvalue weighted by Gasteiger charge is 2.07. The molecule has 15 heavy (non-hydrogen) atoms. The average molecular weight is 209 g/mol. The Morgan fingerprint density at radius 3 is 2.93 bits per heavy atom. The Morgan fingerprint density at radius 1 is 1.53 bits per heavy atom. The maximum Gasteiger partial charge on any atom is 0.306 e. The number of rotatable bonds is 4. The smallest absolute Gasteiger partial charge is 0.306 e. The molecule has 3 N–H and O–H groups in total. The molecule has 0 saturated heterocycles. The molecule has 0 heterocycles. The second kappa shape index (κ2) is 5.24. The van der Waals surface area contributed by atoms with Crippen molar-refractivity contribution in [1.29, 1.82) is 0 Å². The molecule has 0 saturated carbocycles. The van der Waals surface area contributed by atoms with E-state index >= 15 is 0 Å². The van der Waals surface area contributed by atoms with E-state index in [1.54, 1.807) is 19.1 Å². The number of aromatic hydroxyl groups is 1. The molecule has 0 spiro atoms. The van der Waals surface area contributed by atoms with Gasteiger partial charge < -0.3 is 15.6 Å². The third-order valence-corrected chi connectivity index (χ3v) is 2.08. The molecule has 82 valence electrons. The zero-order chi connectivity index (χ0) is 11.3. The van der Waals surface area contributed by atoms with Gasteiger partial charge in [0.05, 0.1) is 12.3 Å². The van der Waals surface area contributed by atoms with Crippen LogP contribution in [0.25, 0.3) is 0 Å². The second-order valence-electron chi connectivity index (χ2n) is 3.15. The highest BCUT2D eigenvalue weighted by molar-refractivity contribution is 5.70. The molecule has 0 fully saturated rings. The first-order chi connectivity index (χ1) is 7.15. The summed E-state index contributed by atoms with van der Waals surface area (Å²) in [6.45, 7) is 2.15. The van der Waals surface area contributed by atoms with Gasteiger partial charge in [0, 0.05) is 6.42 Å². The number of carbonyl (C=O) groups is 1. The highest BCUT2D eigenvalue weighted by atomic mass is 16.5. The van der Waals surface area contributed by atoms with E-state index < -0.39 is 0 Å². The number of hydrogen-bond acceptors (Lipinski definition) is 4. The van der Waals surface area contributed by atoms with Crippen molar-refractivity contribution in [2.24, 2.45) is 0 Å². The van der Waals surface area contributed by atoms with Gasteiger partial charge in [-0.25, -0.2) is 0 Å². The Balaban J connectivity index is 2.58. The topological polar surface area (TPSA) is 72.5 Å². The normalized spacial score (nSPS) is 9.93. The van der Waals surface area contributed by atoms with E-state index in [9.17, 15) is 9.90 Å². The SMILES string of the molecule is CCOC(=O)CCc1cccc(O)c1N. The number of ether oxygens (including phenoxy) is 1. The van der Waals surface area contributed by atoms with Crippen LogP contribution in [0, 0.1) is 0 Å². The fourth-order valence-corrected chi connectivity index (χ4v) is 1.29. The summed E-state index contributed by atoms with van der Waals surface area (Å²) in [7, 11) is 0. The maximum atomic E-state index is 11.1. The monoisotopic (exact) mass is 209 g/mol. The summed E-state index contributed by atoms with van der Waals surface area (Å²) in [5, 5.41) is 9.33. The van der Waals surface area contributed by atoms with Crippen molar-refractivity contribution < 1.29 is 14.6 Å². The highest BCUT2D eigenvalue weighted by Crippen LogP contribution is 2.24. The number of nitrogens with two attached hydrogens (primary N) is 1. The van der Waals surface area contributed by atoms with Crippen LogP contribution in [0.5, 0.6) is 5.75 Å². The van der Waals surface area contributed by atoms with Crippen molar-refractivity contribution in [3.8, 4) is 5.75 Å². The third kappa shape index (κ3) is 3.16. The molecule has 1 aromatic rings. The quantitative estimate of drug-likeness (QED) is 0.447. The Labute approximate surface area is 88.7 Å². The van der Waals surface area contributed by atoms with Crippen LogP contribution in [-0.2, 0) is 16.0 Å². The second-order valence-corrected chi connectivity index (χ2v) is 3.15. The van der Waals surface area contributed by atoms with Gasteiger partial charge in [-0.2, -0.15) is 0 Å². The van der Waals surface area contributed by atoms with Crippen LogP contribution < -0.4 is 5.73 Å². The van der Waals surface area contributed by atoms with Gasteiger partial charge in [0.25, 0.3) is 0 Å². The van der Waals surface area contributed by atoms with Crippen molar-refractivity contribution in [2.45, 2.75) is 19.8 Å². The van der Waals surface area contributed by atoms with E-state index in [0.717, 1.165) is 5.56 Å². The van der Waals surface area contributed by atoms with E-state index in [1.165, 1.54) is 6.07 Å². The standard InChI is InChI=1S/C11H15NO3/c1-2-15-10(14)7-6-8-4-3-5-9(13)11(8)12/h3-5,13H,2,6-7,12H2,1H3. The number of para-hydroxylation sites is 1. The number of anilines is 1. The minimum atomic E-state index is -0.250. The van der Waals surface area contributed by atoms with Crippen LogP contribution in [-0.4, -0.2) is 17.7 Å². The summed E-state index contributed by atoms with van der Waals surface area (Å²) in [4.78, 5) is 11.1. The van der Waals surface area contributed by atoms with E-state index in [-0.39, 0.29) is 18.1 Å². The minimum absolute atomic E-state index is 0.0522. The van der Waals surface area contributed by atoms with Crippen LogP contribution in [0.3, 0.4) is 0 Å². The third-order valence-electron chi connectivity index (χ3n) is 2.08. The first kappa shape index (κ1) is 11.4. The molecular formula is C11H15NO3. The number of hydrogen-bond donors (Lipinski definition) is 2. The molecule has 4 heteroatoms. The zero-order valence-electron chi connectivity index (χ0n) is 8.69. The molecule has 0 unspecified atom stereocenters. The van der Waals surface area contributed by atoms with Crippen LogP contribution in [0.1, 0.15) is 18.9 Å². The van der Waals surface area contributed by atoms with Crippen LogP contribution >= 0.6 is 0 Å². The summed E-state index contributed by atoms with van der Waals surface area (Å²) < 4.78 is 4.79. The fourth-order valence-electron chi connectivity index (χ4n) is 1.29. The van der Waals surface area contributed by atoms with Gasteiger partial charge in [0.1, 0.15) is 5.75 Å². The largest absolute Gasteiger partial charge is 0.506 e. The lowest BCUT2D eigenvalue weighted by atomic mass is 10.1. The average Bonchev–Trinajstić information content (AvgIpc) is 2.21. The molecule has 0 radical (unpaired) electrons. The molecule has 1 rings (SSSR count). The van der Waals surface area contributed by atoms with Gasteiger partial charge in [-0.1, -0.05) is 12.1 Å². The molecular weight excluding hydrogens is 194 g/mol. The van der Waals surface area contributed by atoms with Crippen LogP contribution in [0.15, 0.2) is 18.2 Å². The number of carbonyl (C=O) groups excluding carboxylic acids is 1. The summed E-state index contributed by atoms with van der Waals surface area (Å²) in [6, 6.07) is 5.00. The number of esters is 1. The predicted octanol–water partition coefficient (Wildman–Crippen LogP) is 1.47. The number of phenols is 1. The van der Waals surface area contributed by atoms with Crippen molar-refractivity contribution in [3.63, 3.8) is 0 Å². The van der Waals surface area contributed by atoms with Gasteiger partial charge in [0.15, 0.2) is 0 Å². The van der Waals surface area contributed by atoms with E-state index in [1.807, 2.05) is 0 Å². The Bertz CT molecular complexity index is 350. The first-order valence-corrected chi connectivity index (χ1v) is 4.87. The number of nitrogen functional groups attached to an aromatic ring is 1. The predicted molar refractivity (Wildman–Crippen MR) is 57.5 cm³/mol. The maximum absolute atomic E-state index is 11.1. The lowest BCUT2D eigenvalue weighted by molar-refractivity contribution is -0.143. The van der Waals surface area contributed by atoms with E-state index in [0.29, 0.717) is 18.7 Å². The molecule has 0 aliphatic rings. The Hall–Kier alpha value is -1.71. The van der Waals surface area contributed by atoms with Crippen molar-refractivity contribution in [3.05, 3.63) is 23.8 Å². The van der Waals surface area contributed by atoms with Crippen molar-refractivity contribution >= 4 is 11.7 Å². The molecule has 0 aromatic heterocycles. The molecule has 1 aromatic carbocycles.